The Labute approximate surface area is 150 Å². The number of amides is 1. The molecule has 0 aliphatic rings. The number of furan rings is 1. The largest absolute Gasteiger partial charge is 0.461 e. The number of nitrogens with one attached hydrogen (secondary N) is 2. The van der Waals surface area contributed by atoms with Crippen LogP contribution in [0.1, 0.15) is 6.42 Å². The van der Waals surface area contributed by atoms with Gasteiger partial charge in [-0.15, -0.1) is 12.4 Å². The molecule has 0 spiro atoms. The number of nitrogens with zero attached hydrogens (tertiary/aromatic N) is 1. The van der Waals surface area contributed by atoms with Crippen LogP contribution in [0.4, 0.5) is 5.69 Å². The van der Waals surface area contributed by atoms with E-state index in [0.29, 0.717) is 23.7 Å². The highest BCUT2D eigenvalue weighted by Gasteiger charge is 2.14. The Kier molecular flexibility index (Phi) is 6.30. The number of H-pyrrole nitrogens is 1. The summed E-state index contributed by atoms with van der Waals surface area (Å²) >= 11 is 1.67. The average Bonchev–Trinajstić information content (AvgIpc) is 3.20. The van der Waals surface area contributed by atoms with Gasteiger partial charge in [-0.05, 0) is 48.8 Å². The average molecular weight is 367 g/mol. The van der Waals surface area contributed by atoms with E-state index in [1.54, 1.807) is 18.0 Å². The van der Waals surface area contributed by atoms with E-state index in [1.807, 2.05) is 36.6 Å². The molecule has 1 amide bonds. The van der Waals surface area contributed by atoms with Gasteiger partial charge >= 0.3 is 0 Å². The monoisotopic (exact) mass is 366 g/mol. The number of anilines is 1. The molecule has 1 aromatic carbocycles. The number of rotatable bonds is 6. The first-order chi connectivity index (χ1) is 11.2. The molecule has 0 saturated heterocycles. The van der Waals surface area contributed by atoms with Gasteiger partial charge in [0.1, 0.15) is 0 Å². The molecule has 3 aromatic rings. The lowest BCUT2D eigenvalue weighted by molar-refractivity contribution is -0.117. The van der Waals surface area contributed by atoms with Gasteiger partial charge in [0.05, 0.1) is 23.3 Å². The van der Waals surface area contributed by atoms with Gasteiger partial charge in [0, 0.05) is 5.69 Å². The molecule has 0 aliphatic carbocycles. The van der Waals surface area contributed by atoms with Crippen LogP contribution >= 0.6 is 24.2 Å². The standard InChI is InChI=1S/C16H18N4O2S.ClH/c1-23-8-6-11(17)16(21)18-10-4-5-12-13(9-10)20-15(19-12)14-3-2-7-22-14;/h2-5,7,9,11H,6,8,17H2,1H3,(H,18,21)(H,19,20);1H/t11-;/m0./s1. The van der Waals surface area contributed by atoms with Crippen LogP contribution in [0.15, 0.2) is 41.0 Å². The maximum Gasteiger partial charge on any atom is 0.241 e. The summed E-state index contributed by atoms with van der Waals surface area (Å²) in [6, 6.07) is 8.65. The second kappa shape index (κ2) is 8.23. The van der Waals surface area contributed by atoms with Gasteiger partial charge in [-0.3, -0.25) is 4.79 Å². The number of nitrogens with two attached hydrogens (primary N) is 1. The molecule has 0 unspecified atom stereocenters. The number of hydrogen-bond donors (Lipinski definition) is 3. The van der Waals surface area contributed by atoms with E-state index in [1.165, 1.54) is 0 Å². The summed E-state index contributed by atoms with van der Waals surface area (Å²) in [5.74, 6) is 2.01. The SMILES string of the molecule is CSCC[C@H](N)C(=O)Nc1ccc2nc(-c3ccco3)[nH]c2c1.Cl. The number of fused-ring (bicyclic) bond motifs is 1. The third kappa shape index (κ3) is 4.11. The van der Waals surface area contributed by atoms with Gasteiger partial charge in [-0.25, -0.2) is 4.98 Å². The van der Waals surface area contributed by atoms with E-state index in [0.717, 1.165) is 16.8 Å². The second-order valence-electron chi connectivity index (χ2n) is 5.17. The normalized spacial score (nSPS) is 11.9. The fourth-order valence-corrected chi connectivity index (χ4v) is 2.72. The first-order valence-electron chi connectivity index (χ1n) is 7.26. The summed E-state index contributed by atoms with van der Waals surface area (Å²) in [6.45, 7) is 0. The van der Waals surface area contributed by atoms with Gasteiger partial charge in [-0.2, -0.15) is 11.8 Å². The lowest BCUT2D eigenvalue weighted by Crippen LogP contribution is -2.36. The molecule has 0 saturated carbocycles. The van der Waals surface area contributed by atoms with E-state index in [-0.39, 0.29) is 18.3 Å². The van der Waals surface area contributed by atoms with Crippen molar-refractivity contribution in [2.45, 2.75) is 12.5 Å². The van der Waals surface area contributed by atoms with Crippen LogP contribution in [0.5, 0.6) is 0 Å². The number of thioether (sulfide) groups is 1. The molecule has 0 radical (unpaired) electrons. The van der Waals surface area contributed by atoms with Crippen molar-refractivity contribution in [3.8, 4) is 11.6 Å². The number of aromatic nitrogens is 2. The fourth-order valence-electron chi connectivity index (χ4n) is 2.23. The molecular formula is C16H19ClN4O2S. The van der Waals surface area contributed by atoms with Crippen molar-refractivity contribution in [2.75, 3.05) is 17.3 Å². The summed E-state index contributed by atoms with van der Waals surface area (Å²) in [7, 11) is 0. The first-order valence-corrected chi connectivity index (χ1v) is 8.66. The zero-order valence-electron chi connectivity index (χ0n) is 13.1. The molecule has 0 bridgehead atoms. The zero-order chi connectivity index (χ0) is 16.2. The summed E-state index contributed by atoms with van der Waals surface area (Å²) < 4.78 is 5.33. The van der Waals surface area contributed by atoms with Crippen molar-refractivity contribution in [1.29, 1.82) is 0 Å². The number of carbonyl (C=O) groups excluding carboxylic acids is 1. The quantitative estimate of drug-likeness (QED) is 0.622. The molecule has 8 heteroatoms. The Morgan fingerprint density at radius 2 is 2.29 bits per heavy atom. The Morgan fingerprint density at radius 1 is 1.46 bits per heavy atom. The van der Waals surface area contributed by atoms with Gasteiger partial charge in [0.2, 0.25) is 5.91 Å². The summed E-state index contributed by atoms with van der Waals surface area (Å²) in [5, 5.41) is 2.84. The predicted octanol–water partition coefficient (Wildman–Crippen LogP) is 3.26. The second-order valence-corrected chi connectivity index (χ2v) is 6.16. The number of aromatic amines is 1. The lowest BCUT2D eigenvalue weighted by atomic mass is 10.2. The molecule has 128 valence electrons. The van der Waals surface area contributed by atoms with Crippen molar-refractivity contribution in [3.05, 3.63) is 36.6 Å². The van der Waals surface area contributed by atoms with Gasteiger partial charge in [0.15, 0.2) is 11.6 Å². The summed E-state index contributed by atoms with van der Waals surface area (Å²) in [6.07, 6.45) is 4.25. The number of benzene rings is 1. The molecule has 1 atom stereocenters. The molecule has 24 heavy (non-hydrogen) atoms. The van der Waals surface area contributed by atoms with Crippen molar-refractivity contribution in [2.24, 2.45) is 5.73 Å². The first kappa shape index (κ1) is 18.4. The van der Waals surface area contributed by atoms with E-state index in [2.05, 4.69) is 15.3 Å². The molecule has 3 rings (SSSR count). The minimum absolute atomic E-state index is 0. The van der Waals surface area contributed by atoms with E-state index in [9.17, 15) is 4.79 Å². The van der Waals surface area contributed by atoms with Gasteiger partial charge < -0.3 is 20.5 Å². The van der Waals surface area contributed by atoms with E-state index in [4.69, 9.17) is 10.2 Å². The summed E-state index contributed by atoms with van der Waals surface area (Å²) in [5.41, 5.74) is 8.20. The Balaban J connectivity index is 0.00000208. The molecule has 2 heterocycles. The highest BCUT2D eigenvalue weighted by molar-refractivity contribution is 7.98. The van der Waals surface area contributed by atoms with Crippen LogP contribution in [0.2, 0.25) is 0 Å². The number of imidazole rings is 1. The van der Waals surface area contributed by atoms with Crippen LogP contribution in [0, 0.1) is 0 Å². The minimum atomic E-state index is -0.501. The zero-order valence-corrected chi connectivity index (χ0v) is 14.7. The maximum absolute atomic E-state index is 12.1. The Bertz CT molecular complexity index is 804. The molecule has 0 fully saturated rings. The highest BCUT2D eigenvalue weighted by Crippen LogP contribution is 2.23. The number of carbonyl (C=O) groups is 1. The number of hydrogen-bond acceptors (Lipinski definition) is 5. The van der Waals surface area contributed by atoms with Crippen molar-refractivity contribution >= 4 is 46.8 Å². The van der Waals surface area contributed by atoms with Crippen LogP contribution in [-0.4, -0.2) is 33.9 Å². The Morgan fingerprint density at radius 3 is 3.00 bits per heavy atom. The Hall–Kier alpha value is -1.96. The third-order valence-corrected chi connectivity index (χ3v) is 4.12. The minimum Gasteiger partial charge on any atom is -0.461 e. The molecule has 2 aromatic heterocycles. The van der Waals surface area contributed by atoms with Crippen molar-refractivity contribution < 1.29 is 9.21 Å². The van der Waals surface area contributed by atoms with Crippen molar-refractivity contribution in [3.63, 3.8) is 0 Å². The topological polar surface area (TPSA) is 96.9 Å². The van der Waals surface area contributed by atoms with Crippen LogP contribution < -0.4 is 11.1 Å². The fraction of sp³-hybridized carbons (Fsp3) is 0.250. The highest BCUT2D eigenvalue weighted by atomic mass is 35.5. The maximum atomic E-state index is 12.1. The smallest absolute Gasteiger partial charge is 0.241 e. The third-order valence-electron chi connectivity index (χ3n) is 3.47. The summed E-state index contributed by atoms with van der Waals surface area (Å²) in [4.78, 5) is 19.7. The van der Waals surface area contributed by atoms with E-state index < -0.39 is 6.04 Å². The van der Waals surface area contributed by atoms with Gasteiger partial charge in [0.25, 0.3) is 0 Å². The number of halogens is 1. The van der Waals surface area contributed by atoms with Crippen LogP contribution in [0.25, 0.3) is 22.6 Å². The molecule has 6 nitrogen and oxygen atoms in total. The molecule has 4 N–H and O–H groups in total. The molecule has 0 aliphatic heterocycles. The van der Waals surface area contributed by atoms with Crippen LogP contribution in [0.3, 0.4) is 0 Å². The molecular weight excluding hydrogens is 348 g/mol. The van der Waals surface area contributed by atoms with E-state index >= 15 is 0 Å². The lowest BCUT2D eigenvalue weighted by Gasteiger charge is -2.11. The van der Waals surface area contributed by atoms with Crippen molar-refractivity contribution in [1.82, 2.24) is 9.97 Å². The predicted molar refractivity (Wildman–Crippen MR) is 101 cm³/mol. The van der Waals surface area contributed by atoms with Crippen LogP contribution in [-0.2, 0) is 4.79 Å². The van der Waals surface area contributed by atoms with Gasteiger partial charge in [-0.1, -0.05) is 0 Å².